The van der Waals surface area contributed by atoms with E-state index in [-0.39, 0.29) is 5.91 Å². The van der Waals surface area contributed by atoms with Gasteiger partial charge in [0.15, 0.2) is 0 Å². The number of methoxy groups -OCH3 is 1. The van der Waals surface area contributed by atoms with E-state index in [2.05, 4.69) is 27.8 Å². The van der Waals surface area contributed by atoms with Gasteiger partial charge in [-0.1, -0.05) is 12.1 Å². The molecule has 4 heterocycles. The normalized spacial score (nSPS) is 19.8. The predicted molar refractivity (Wildman–Crippen MR) is 118 cm³/mol. The summed E-state index contributed by atoms with van der Waals surface area (Å²) in [6.45, 7) is 6.18. The number of benzene rings is 1. The lowest BCUT2D eigenvalue weighted by Crippen LogP contribution is -2.49. The van der Waals surface area contributed by atoms with Gasteiger partial charge >= 0.3 is 0 Å². The first kappa shape index (κ1) is 20.5. The molecule has 5 rings (SSSR count). The second kappa shape index (κ2) is 8.63. The molecule has 7 nitrogen and oxygen atoms in total. The summed E-state index contributed by atoms with van der Waals surface area (Å²) in [6, 6.07) is 8.30. The Balaban J connectivity index is 1.40. The molecule has 166 valence electrons. The molecule has 0 saturated carbocycles. The second-order valence-corrected chi connectivity index (χ2v) is 8.89. The average Bonchev–Trinajstić information content (AvgIpc) is 3.47. The number of carbonyl (C=O) groups is 1. The second-order valence-electron chi connectivity index (χ2n) is 8.89. The molecule has 1 aromatic carbocycles. The summed E-state index contributed by atoms with van der Waals surface area (Å²) < 4.78 is 13.9. The molecule has 0 unspecified atom stereocenters. The van der Waals surface area contributed by atoms with Crippen molar-refractivity contribution < 1.29 is 14.3 Å². The van der Waals surface area contributed by atoms with Crippen LogP contribution in [0, 0.1) is 0 Å². The van der Waals surface area contributed by atoms with Crippen molar-refractivity contribution in [2.24, 2.45) is 0 Å². The largest absolute Gasteiger partial charge is 0.482 e. The molecule has 0 radical (unpaired) electrons. The van der Waals surface area contributed by atoms with Crippen LogP contribution in [0.5, 0.6) is 5.75 Å². The smallest absolute Gasteiger partial charge is 0.224 e. The fourth-order valence-electron chi connectivity index (χ4n) is 5.27. The van der Waals surface area contributed by atoms with Crippen LogP contribution in [0.2, 0.25) is 0 Å². The zero-order valence-electron chi connectivity index (χ0n) is 18.4. The maximum atomic E-state index is 12.5. The van der Waals surface area contributed by atoms with Gasteiger partial charge in [0.2, 0.25) is 5.91 Å². The van der Waals surface area contributed by atoms with Gasteiger partial charge in [-0.15, -0.1) is 0 Å². The van der Waals surface area contributed by atoms with E-state index in [9.17, 15) is 4.79 Å². The van der Waals surface area contributed by atoms with Crippen molar-refractivity contribution in [1.29, 1.82) is 0 Å². The van der Waals surface area contributed by atoms with Crippen LogP contribution < -0.4 is 4.74 Å². The predicted octanol–water partition coefficient (Wildman–Crippen LogP) is 2.89. The van der Waals surface area contributed by atoms with E-state index in [0.29, 0.717) is 26.1 Å². The van der Waals surface area contributed by atoms with Gasteiger partial charge in [-0.2, -0.15) is 5.10 Å². The van der Waals surface area contributed by atoms with Crippen LogP contribution in [-0.2, 0) is 21.7 Å². The molecule has 0 aliphatic carbocycles. The number of likely N-dealkylation sites (tertiary alicyclic amines) is 2. The molecule has 3 aliphatic heterocycles. The summed E-state index contributed by atoms with van der Waals surface area (Å²) in [6.07, 6.45) is 6.62. The SMILES string of the molecule is COCCC(=O)N1CCC2(CC1)Oc1ccccc1-c1c2cnn1CCN1CCCC1. The molecule has 2 aromatic rings. The molecule has 0 N–H and O–H groups in total. The Morgan fingerprint density at radius 1 is 1.13 bits per heavy atom. The van der Waals surface area contributed by atoms with Crippen LogP contribution in [0.15, 0.2) is 30.5 Å². The first-order chi connectivity index (χ1) is 15.2. The lowest BCUT2D eigenvalue weighted by atomic mass is 9.81. The van der Waals surface area contributed by atoms with E-state index in [1.165, 1.54) is 37.2 Å². The molecule has 2 saturated heterocycles. The fourth-order valence-corrected chi connectivity index (χ4v) is 5.27. The van der Waals surface area contributed by atoms with Gasteiger partial charge in [0.05, 0.1) is 31.5 Å². The number of carbonyl (C=O) groups excluding carboxylic acids is 1. The quantitative estimate of drug-likeness (QED) is 0.714. The van der Waals surface area contributed by atoms with Crippen LogP contribution in [0.1, 0.15) is 37.7 Å². The molecule has 1 amide bonds. The highest BCUT2D eigenvalue weighted by molar-refractivity contribution is 5.77. The van der Waals surface area contributed by atoms with Crippen molar-refractivity contribution >= 4 is 5.91 Å². The number of aromatic nitrogens is 2. The number of fused-ring (bicyclic) bond motifs is 4. The zero-order chi connectivity index (χ0) is 21.3. The number of rotatable bonds is 6. The number of amides is 1. The van der Waals surface area contributed by atoms with Gasteiger partial charge < -0.3 is 19.3 Å². The summed E-state index contributed by atoms with van der Waals surface area (Å²) in [5.74, 6) is 1.09. The molecule has 1 spiro atoms. The van der Waals surface area contributed by atoms with Gasteiger partial charge in [-0.25, -0.2) is 0 Å². The molecule has 0 bridgehead atoms. The highest BCUT2D eigenvalue weighted by Crippen LogP contribution is 2.49. The lowest BCUT2D eigenvalue weighted by molar-refractivity contribution is -0.136. The van der Waals surface area contributed by atoms with Crippen molar-refractivity contribution in [1.82, 2.24) is 19.6 Å². The molecule has 1 aromatic heterocycles. The molecule has 7 heteroatoms. The Morgan fingerprint density at radius 3 is 2.68 bits per heavy atom. The van der Waals surface area contributed by atoms with Crippen molar-refractivity contribution in [3.05, 3.63) is 36.0 Å². The van der Waals surface area contributed by atoms with Crippen LogP contribution >= 0.6 is 0 Å². The van der Waals surface area contributed by atoms with Crippen LogP contribution in [0.3, 0.4) is 0 Å². The maximum Gasteiger partial charge on any atom is 0.224 e. The molecular formula is C24H32N4O3. The van der Waals surface area contributed by atoms with Crippen LogP contribution in [-0.4, -0.2) is 71.9 Å². The molecule has 2 fully saturated rings. The minimum atomic E-state index is -0.409. The maximum absolute atomic E-state index is 12.5. The van der Waals surface area contributed by atoms with E-state index in [0.717, 1.165) is 37.2 Å². The average molecular weight is 425 g/mol. The van der Waals surface area contributed by atoms with Crippen molar-refractivity contribution in [3.8, 4) is 17.0 Å². The Hall–Kier alpha value is -2.38. The highest BCUT2D eigenvalue weighted by Gasteiger charge is 2.46. The molecule has 31 heavy (non-hydrogen) atoms. The third-order valence-electron chi connectivity index (χ3n) is 7.05. The minimum absolute atomic E-state index is 0.162. The van der Waals surface area contributed by atoms with Gasteiger partial charge in [-0.05, 0) is 38.1 Å². The Labute approximate surface area is 183 Å². The summed E-state index contributed by atoms with van der Waals surface area (Å²) in [7, 11) is 1.63. The first-order valence-corrected chi connectivity index (χ1v) is 11.5. The Morgan fingerprint density at radius 2 is 1.90 bits per heavy atom. The summed E-state index contributed by atoms with van der Waals surface area (Å²) in [5, 5.41) is 4.81. The van der Waals surface area contributed by atoms with Gasteiger partial charge in [0.1, 0.15) is 11.4 Å². The highest BCUT2D eigenvalue weighted by atomic mass is 16.5. The van der Waals surface area contributed by atoms with E-state index in [4.69, 9.17) is 14.6 Å². The number of hydrogen-bond acceptors (Lipinski definition) is 5. The van der Waals surface area contributed by atoms with Gasteiger partial charge in [-0.3, -0.25) is 9.48 Å². The van der Waals surface area contributed by atoms with Crippen LogP contribution in [0.25, 0.3) is 11.3 Å². The summed E-state index contributed by atoms with van der Waals surface area (Å²) in [4.78, 5) is 16.9. The van der Waals surface area contributed by atoms with E-state index in [1.54, 1.807) is 7.11 Å². The molecule has 0 atom stereocenters. The van der Waals surface area contributed by atoms with Crippen LogP contribution in [0.4, 0.5) is 0 Å². The van der Waals surface area contributed by atoms with E-state index < -0.39 is 5.60 Å². The topological polar surface area (TPSA) is 59.8 Å². The third-order valence-corrected chi connectivity index (χ3v) is 7.05. The van der Waals surface area contributed by atoms with Crippen molar-refractivity contribution in [2.45, 2.75) is 44.2 Å². The fraction of sp³-hybridized carbons (Fsp3) is 0.583. The zero-order valence-corrected chi connectivity index (χ0v) is 18.4. The van der Waals surface area contributed by atoms with Gasteiger partial charge in [0, 0.05) is 50.7 Å². The Kier molecular flexibility index (Phi) is 5.71. The van der Waals surface area contributed by atoms with Crippen molar-refractivity contribution in [3.63, 3.8) is 0 Å². The lowest BCUT2D eigenvalue weighted by Gasteiger charge is -2.44. The first-order valence-electron chi connectivity index (χ1n) is 11.5. The van der Waals surface area contributed by atoms with E-state index in [1.807, 2.05) is 17.2 Å². The third kappa shape index (κ3) is 3.85. The number of nitrogens with zero attached hydrogens (tertiary/aromatic N) is 4. The summed E-state index contributed by atoms with van der Waals surface area (Å²) >= 11 is 0. The summed E-state index contributed by atoms with van der Waals surface area (Å²) in [5.41, 5.74) is 3.09. The number of ether oxygens (including phenoxy) is 2. The van der Waals surface area contributed by atoms with Crippen molar-refractivity contribution in [2.75, 3.05) is 46.4 Å². The number of hydrogen-bond donors (Lipinski definition) is 0. The van der Waals surface area contributed by atoms with Gasteiger partial charge in [0.25, 0.3) is 0 Å². The molecule has 3 aliphatic rings. The standard InChI is InChI=1S/C24H32N4O3/c1-30-17-8-22(29)27-13-9-24(10-14-27)20-18-25-28(16-15-26-11-4-5-12-26)23(20)19-6-2-3-7-21(19)31-24/h2-3,6-7,18H,4-5,8-17H2,1H3. The molecular weight excluding hydrogens is 392 g/mol. The monoisotopic (exact) mass is 424 g/mol. The number of para-hydroxylation sites is 1. The van der Waals surface area contributed by atoms with E-state index >= 15 is 0 Å². The Bertz CT molecular complexity index is 927. The number of piperidine rings is 1. The minimum Gasteiger partial charge on any atom is -0.482 e.